The van der Waals surface area contributed by atoms with Crippen molar-refractivity contribution in [2.75, 3.05) is 18.7 Å². The fraction of sp³-hybridized carbons (Fsp3) is 0.469. The molecule has 15 nitrogen and oxygen atoms in total. The normalized spacial score (nSPS) is 19.9. The molecule has 1 fully saturated rings. The van der Waals surface area contributed by atoms with E-state index in [-0.39, 0.29) is 42.4 Å². The molecule has 0 radical (unpaired) electrons. The first-order valence-corrected chi connectivity index (χ1v) is 14.9. The van der Waals surface area contributed by atoms with Gasteiger partial charge in [-0.15, -0.1) is 0 Å². The molecule has 0 bridgehead atoms. The molecule has 1 saturated heterocycles. The smallest absolute Gasteiger partial charge is 0.415 e. The summed E-state index contributed by atoms with van der Waals surface area (Å²) in [6.07, 6.45) is -1.96. The van der Waals surface area contributed by atoms with E-state index in [1.807, 2.05) is 6.07 Å². The van der Waals surface area contributed by atoms with Gasteiger partial charge >= 0.3 is 24.0 Å². The monoisotopic (exact) mass is 650 g/mol. The predicted octanol–water partition coefficient (Wildman–Crippen LogP) is 3.01. The average Bonchev–Trinajstić information content (AvgIpc) is 3.62. The SMILES string of the molecule is CC(C)[C@H](N)C(=O)O[C@H]1C[C@](C#N)(c2ccc3c(NC(=O)OCOC(=O)C(C)(C)C)ncnn23)O[C@@H]1COC(=O)Cc1ccccc1. The Labute approximate surface area is 271 Å². The van der Waals surface area contributed by atoms with E-state index >= 15 is 0 Å². The molecule has 0 saturated carbocycles. The fourth-order valence-electron chi connectivity index (χ4n) is 4.66. The van der Waals surface area contributed by atoms with Gasteiger partial charge < -0.3 is 29.4 Å². The predicted molar refractivity (Wildman–Crippen MR) is 164 cm³/mol. The maximum atomic E-state index is 12.9. The van der Waals surface area contributed by atoms with Crippen molar-refractivity contribution in [2.45, 2.75) is 71.3 Å². The third-order valence-electron chi connectivity index (χ3n) is 7.37. The number of nitrogens with two attached hydrogens (primary N) is 1. The van der Waals surface area contributed by atoms with Crippen molar-refractivity contribution in [1.29, 1.82) is 5.26 Å². The highest BCUT2D eigenvalue weighted by molar-refractivity contribution is 5.88. The average molecular weight is 651 g/mol. The van der Waals surface area contributed by atoms with E-state index < -0.39 is 60.1 Å². The number of aromatic nitrogens is 3. The van der Waals surface area contributed by atoms with Crippen LogP contribution in [0.4, 0.5) is 10.6 Å². The first-order valence-electron chi connectivity index (χ1n) is 14.9. The molecule has 47 heavy (non-hydrogen) atoms. The van der Waals surface area contributed by atoms with Crippen molar-refractivity contribution < 1.29 is 42.9 Å². The number of hydrogen-bond donors (Lipinski definition) is 2. The van der Waals surface area contributed by atoms with Crippen molar-refractivity contribution in [3.05, 3.63) is 60.0 Å². The Kier molecular flexibility index (Phi) is 10.8. The van der Waals surface area contributed by atoms with Crippen LogP contribution in [0.2, 0.25) is 0 Å². The van der Waals surface area contributed by atoms with E-state index in [0.29, 0.717) is 0 Å². The van der Waals surface area contributed by atoms with Crippen molar-refractivity contribution >= 4 is 35.3 Å². The lowest BCUT2D eigenvalue weighted by Gasteiger charge is -2.22. The molecule has 1 amide bonds. The van der Waals surface area contributed by atoms with Crippen LogP contribution in [0.25, 0.3) is 5.52 Å². The number of rotatable bonds is 11. The van der Waals surface area contributed by atoms with Crippen molar-refractivity contribution in [3.63, 3.8) is 0 Å². The van der Waals surface area contributed by atoms with Crippen LogP contribution < -0.4 is 11.1 Å². The Balaban J connectivity index is 1.54. The van der Waals surface area contributed by atoms with Gasteiger partial charge in [0.25, 0.3) is 0 Å². The van der Waals surface area contributed by atoms with Gasteiger partial charge in [-0.1, -0.05) is 44.2 Å². The van der Waals surface area contributed by atoms with Crippen LogP contribution in [-0.2, 0) is 50.1 Å². The van der Waals surface area contributed by atoms with E-state index in [1.54, 1.807) is 71.0 Å². The quantitative estimate of drug-likeness (QED) is 0.174. The second-order valence-corrected chi connectivity index (χ2v) is 12.4. The zero-order valence-electron chi connectivity index (χ0n) is 26.8. The zero-order valence-corrected chi connectivity index (χ0v) is 26.8. The lowest BCUT2D eigenvalue weighted by atomic mass is 9.96. The molecule has 1 aliphatic rings. The molecule has 4 rings (SSSR count). The van der Waals surface area contributed by atoms with Crippen LogP contribution in [-0.4, -0.2) is 70.2 Å². The molecule has 4 atom stereocenters. The molecule has 0 unspecified atom stereocenters. The maximum Gasteiger partial charge on any atom is 0.415 e. The van der Waals surface area contributed by atoms with Gasteiger partial charge in [0, 0.05) is 6.42 Å². The first kappa shape index (κ1) is 34.8. The van der Waals surface area contributed by atoms with Crippen molar-refractivity contribution in [1.82, 2.24) is 14.6 Å². The Morgan fingerprint density at radius 1 is 1.13 bits per heavy atom. The van der Waals surface area contributed by atoms with E-state index in [9.17, 15) is 24.4 Å². The topological polar surface area (TPSA) is 206 Å². The second-order valence-electron chi connectivity index (χ2n) is 12.4. The van der Waals surface area contributed by atoms with Gasteiger partial charge in [0.1, 0.15) is 42.8 Å². The number of anilines is 1. The van der Waals surface area contributed by atoms with Crippen LogP contribution in [0.15, 0.2) is 48.8 Å². The Morgan fingerprint density at radius 3 is 2.51 bits per heavy atom. The van der Waals surface area contributed by atoms with Crippen LogP contribution in [0.1, 0.15) is 52.3 Å². The highest BCUT2D eigenvalue weighted by Crippen LogP contribution is 2.41. The summed E-state index contributed by atoms with van der Waals surface area (Å²) in [5.41, 5.74) is 4.79. The molecule has 3 aromatic rings. The van der Waals surface area contributed by atoms with Gasteiger partial charge in [-0.3, -0.25) is 19.7 Å². The summed E-state index contributed by atoms with van der Waals surface area (Å²) in [6.45, 7) is 7.60. The van der Waals surface area contributed by atoms with E-state index in [1.165, 1.54) is 4.52 Å². The van der Waals surface area contributed by atoms with Crippen LogP contribution in [0, 0.1) is 22.7 Å². The van der Waals surface area contributed by atoms with Crippen LogP contribution in [0.3, 0.4) is 0 Å². The number of amides is 1. The number of nitrogens with zero attached hydrogens (tertiary/aromatic N) is 4. The molecule has 3 N–H and O–H groups in total. The lowest BCUT2D eigenvalue weighted by Crippen LogP contribution is -2.41. The fourth-order valence-corrected chi connectivity index (χ4v) is 4.66. The van der Waals surface area contributed by atoms with Gasteiger partial charge in [-0.2, -0.15) is 10.4 Å². The van der Waals surface area contributed by atoms with E-state index in [0.717, 1.165) is 11.9 Å². The largest absolute Gasteiger partial charge is 0.463 e. The molecule has 2 aromatic heterocycles. The summed E-state index contributed by atoms with van der Waals surface area (Å²) in [5.74, 6) is -1.97. The summed E-state index contributed by atoms with van der Waals surface area (Å²) >= 11 is 0. The van der Waals surface area contributed by atoms with Gasteiger partial charge in [0.15, 0.2) is 5.82 Å². The summed E-state index contributed by atoms with van der Waals surface area (Å²) in [7, 11) is 0. The minimum atomic E-state index is -1.72. The molecule has 0 spiro atoms. The summed E-state index contributed by atoms with van der Waals surface area (Å²) in [6, 6.07) is 13.4. The number of benzene rings is 1. The summed E-state index contributed by atoms with van der Waals surface area (Å²) < 4.78 is 28.7. The highest BCUT2D eigenvalue weighted by Gasteiger charge is 2.52. The molecule has 15 heteroatoms. The minimum Gasteiger partial charge on any atom is -0.463 e. The Morgan fingerprint density at radius 2 is 1.85 bits per heavy atom. The third kappa shape index (κ3) is 8.40. The molecular formula is C32H38N6O9. The standard InChI is InChI=1S/C32H38N6O9/c1-19(2)26(34)28(40)46-22-14-32(16-33,47-23(22)15-43-25(39)13-20-9-7-6-8-10-20)24-12-11-21-27(35-17-36-38(21)24)37-30(42)45-18-44-29(41)31(3,4)5/h6-12,17,19,22-23,26H,13-15,18,34H2,1-5H3,(H,35,36,37,42)/t22-,23+,26-,32-/m0/s1. The number of hydrogen-bond acceptors (Lipinski definition) is 13. The number of carbonyl (C=O) groups is 4. The number of nitrogens with one attached hydrogen (secondary N) is 1. The van der Waals surface area contributed by atoms with E-state index in [4.69, 9.17) is 29.4 Å². The van der Waals surface area contributed by atoms with Gasteiger partial charge in [0.2, 0.25) is 12.4 Å². The highest BCUT2D eigenvalue weighted by atomic mass is 16.7. The number of nitriles is 1. The molecular weight excluding hydrogens is 612 g/mol. The zero-order chi connectivity index (χ0) is 34.4. The third-order valence-corrected chi connectivity index (χ3v) is 7.37. The maximum absolute atomic E-state index is 12.9. The van der Waals surface area contributed by atoms with Crippen molar-refractivity contribution in [2.24, 2.45) is 17.1 Å². The molecule has 0 aliphatic carbocycles. The molecule has 3 heterocycles. The summed E-state index contributed by atoms with van der Waals surface area (Å²) in [4.78, 5) is 54.0. The number of carbonyl (C=O) groups excluding carboxylic acids is 4. The van der Waals surface area contributed by atoms with Gasteiger partial charge in [-0.05, 0) is 44.4 Å². The lowest BCUT2D eigenvalue weighted by molar-refractivity contribution is -0.161. The molecule has 250 valence electrons. The number of ether oxygens (including phenoxy) is 5. The second kappa shape index (κ2) is 14.6. The Bertz CT molecular complexity index is 1650. The van der Waals surface area contributed by atoms with Gasteiger partial charge in [-0.25, -0.2) is 14.3 Å². The first-order chi connectivity index (χ1) is 22.2. The number of fused-ring (bicyclic) bond motifs is 1. The van der Waals surface area contributed by atoms with Crippen LogP contribution in [0.5, 0.6) is 0 Å². The van der Waals surface area contributed by atoms with Crippen LogP contribution >= 0.6 is 0 Å². The minimum absolute atomic E-state index is 0.0110. The summed E-state index contributed by atoms with van der Waals surface area (Å²) in [5, 5.41) is 17.2. The Hall–Kier alpha value is -5.07. The molecule has 1 aliphatic heterocycles. The molecule has 1 aromatic carbocycles. The number of esters is 3. The van der Waals surface area contributed by atoms with Crippen molar-refractivity contribution in [3.8, 4) is 6.07 Å². The van der Waals surface area contributed by atoms with E-state index in [2.05, 4.69) is 21.5 Å². The van der Waals surface area contributed by atoms with Gasteiger partial charge in [0.05, 0.1) is 17.5 Å².